The van der Waals surface area contributed by atoms with E-state index in [-0.39, 0.29) is 17.3 Å². The van der Waals surface area contributed by atoms with Gasteiger partial charge in [0.2, 0.25) is 10.0 Å². The van der Waals surface area contributed by atoms with Gasteiger partial charge in [-0.1, -0.05) is 31.2 Å². The maximum atomic E-state index is 12.6. The van der Waals surface area contributed by atoms with Gasteiger partial charge in [-0.05, 0) is 42.7 Å². The van der Waals surface area contributed by atoms with E-state index in [0.29, 0.717) is 29.3 Å². The first-order valence-electron chi connectivity index (χ1n) is 9.28. The molecule has 0 aromatic heterocycles. The van der Waals surface area contributed by atoms with E-state index >= 15 is 0 Å². The van der Waals surface area contributed by atoms with Gasteiger partial charge in [-0.15, -0.1) is 0 Å². The minimum Gasteiger partial charge on any atom is -0.348 e. The largest absolute Gasteiger partial charge is 0.348 e. The Morgan fingerprint density at radius 1 is 1.07 bits per heavy atom. The molecule has 0 radical (unpaired) electrons. The summed E-state index contributed by atoms with van der Waals surface area (Å²) in [5.41, 5.74) is 1.19. The quantitative estimate of drug-likeness (QED) is 0.746. The number of nitrogens with zero attached hydrogens (tertiary/aromatic N) is 1. The Morgan fingerprint density at radius 2 is 1.71 bits per heavy atom. The molecule has 2 aromatic rings. The van der Waals surface area contributed by atoms with Gasteiger partial charge in [0.25, 0.3) is 5.91 Å². The van der Waals surface area contributed by atoms with Crippen molar-refractivity contribution in [3.05, 3.63) is 59.7 Å². The summed E-state index contributed by atoms with van der Waals surface area (Å²) in [6, 6.07) is 13.4. The highest BCUT2D eigenvalue weighted by atomic mass is 32.2. The van der Waals surface area contributed by atoms with Gasteiger partial charge in [-0.2, -0.15) is 4.31 Å². The van der Waals surface area contributed by atoms with Crippen LogP contribution in [0.5, 0.6) is 0 Å². The SMILES string of the molecule is CCS(=O)c1ccccc1C(=O)NCc1ccc(S(=O)(=O)N2CCCC2)cc1. The minimum absolute atomic E-state index is 0.260. The van der Waals surface area contributed by atoms with Crippen LogP contribution < -0.4 is 5.32 Å². The third-order valence-electron chi connectivity index (χ3n) is 4.72. The number of nitrogens with one attached hydrogen (secondary N) is 1. The molecule has 1 aliphatic heterocycles. The van der Waals surface area contributed by atoms with Crippen molar-refractivity contribution in [3.63, 3.8) is 0 Å². The molecule has 3 rings (SSSR count). The Kier molecular flexibility index (Phi) is 6.64. The number of amides is 1. The van der Waals surface area contributed by atoms with Crippen molar-refractivity contribution in [2.75, 3.05) is 18.8 Å². The molecule has 0 spiro atoms. The maximum Gasteiger partial charge on any atom is 0.252 e. The van der Waals surface area contributed by atoms with Crippen LogP contribution in [0.25, 0.3) is 0 Å². The van der Waals surface area contributed by atoms with Crippen LogP contribution in [-0.2, 0) is 27.4 Å². The third kappa shape index (κ3) is 4.51. The summed E-state index contributed by atoms with van der Waals surface area (Å²) in [7, 11) is -4.65. The third-order valence-corrected chi connectivity index (χ3v) is 8.00. The number of carbonyl (C=O) groups excluding carboxylic acids is 1. The van der Waals surface area contributed by atoms with Gasteiger partial charge in [0.1, 0.15) is 0 Å². The molecular formula is C20H24N2O4S2. The Labute approximate surface area is 168 Å². The van der Waals surface area contributed by atoms with Crippen LogP contribution in [0.3, 0.4) is 0 Å². The van der Waals surface area contributed by atoms with Crippen LogP contribution in [-0.4, -0.2) is 41.7 Å². The summed E-state index contributed by atoms with van der Waals surface area (Å²) >= 11 is 0. The van der Waals surface area contributed by atoms with Crippen LogP contribution in [0.1, 0.15) is 35.7 Å². The average molecular weight is 421 g/mol. The summed E-state index contributed by atoms with van der Waals surface area (Å²) in [5, 5.41) is 2.81. The molecular weight excluding hydrogens is 396 g/mol. The second-order valence-corrected chi connectivity index (χ2v) is 10.2. The lowest BCUT2D eigenvalue weighted by atomic mass is 10.2. The smallest absolute Gasteiger partial charge is 0.252 e. The van der Waals surface area contributed by atoms with Crippen LogP contribution in [0.4, 0.5) is 0 Å². The normalized spacial score (nSPS) is 16.0. The Hall–Kier alpha value is -2.03. The monoisotopic (exact) mass is 420 g/mol. The van der Waals surface area contributed by atoms with E-state index in [0.717, 1.165) is 18.4 Å². The lowest BCUT2D eigenvalue weighted by Gasteiger charge is -2.15. The highest BCUT2D eigenvalue weighted by Crippen LogP contribution is 2.21. The summed E-state index contributed by atoms with van der Waals surface area (Å²) in [6.45, 7) is 3.20. The molecule has 6 nitrogen and oxygen atoms in total. The first kappa shape index (κ1) is 20.7. The molecule has 0 bridgehead atoms. The minimum atomic E-state index is -3.44. The molecule has 150 valence electrons. The molecule has 1 N–H and O–H groups in total. The molecule has 1 atom stereocenters. The van der Waals surface area contributed by atoms with Crippen molar-refractivity contribution < 1.29 is 17.4 Å². The number of hydrogen-bond acceptors (Lipinski definition) is 4. The first-order valence-corrected chi connectivity index (χ1v) is 12.0. The van der Waals surface area contributed by atoms with E-state index in [1.807, 2.05) is 6.92 Å². The summed E-state index contributed by atoms with van der Waals surface area (Å²) in [4.78, 5) is 13.3. The molecule has 1 unspecified atom stereocenters. The van der Waals surface area contributed by atoms with Crippen molar-refractivity contribution in [3.8, 4) is 0 Å². The lowest BCUT2D eigenvalue weighted by molar-refractivity contribution is 0.0948. The molecule has 1 amide bonds. The standard InChI is InChI=1S/C20H24N2O4S2/c1-2-27(24)19-8-4-3-7-18(19)20(23)21-15-16-9-11-17(12-10-16)28(25,26)22-13-5-6-14-22/h3-4,7-12H,2,5-6,13-15H2,1H3,(H,21,23). The summed E-state index contributed by atoms with van der Waals surface area (Å²) in [5.74, 6) is 0.142. The van der Waals surface area contributed by atoms with Gasteiger partial charge in [0.15, 0.2) is 0 Å². The molecule has 1 saturated heterocycles. The zero-order chi connectivity index (χ0) is 20.1. The van der Waals surface area contributed by atoms with E-state index in [4.69, 9.17) is 0 Å². The molecule has 1 fully saturated rings. The Balaban J connectivity index is 1.67. The molecule has 0 saturated carbocycles. The number of benzene rings is 2. The fourth-order valence-corrected chi connectivity index (χ4v) is 5.61. The average Bonchev–Trinajstić information content (AvgIpc) is 3.27. The maximum absolute atomic E-state index is 12.6. The van der Waals surface area contributed by atoms with Gasteiger partial charge in [0.05, 0.1) is 26.2 Å². The van der Waals surface area contributed by atoms with Gasteiger partial charge in [-0.3, -0.25) is 9.00 Å². The molecule has 28 heavy (non-hydrogen) atoms. The van der Waals surface area contributed by atoms with Crippen molar-refractivity contribution >= 4 is 26.7 Å². The highest BCUT2D eigenvalue weighted by molar-refractivity contribution is 7.89. The second kappa shape index (κ2) is 8.98. The van der Waals surface area contributed by atoms with Crippen LogP contribution >= 0.6 is 0 Å². The van der Waals surface area contributed by atoms with Crippen molar-refractivity contribution in [1.29, 1.82) is 0 Å². The van der Waals surface area contributed by atoms with E-state index in [9.17, 15) is 17.4 Å². The lowest BCUT2D eigenvalue weighted by Crippen LogP contribution is -2.28. The fraction of sp³-hybridized carbons (Fsp3) is 0.350. The molecule has 8 heteroatoms. The van der Waals surface area contributed by atoms with Gasteiger partial charge >= 0.3 is 0 Å². The zero-order valence-electron chi connectivity index (χ0n) is 15.8. The van der Waals surface area contributed by atoms with Crippen LogP contribution in [0.2, 0.25) is 0 Å². The van der Waals surface area contributed by atoms with E-state index in [2.05, 4.69) is 5.32 Å². The number of carbonyl (C=O) groups is 1. The summed E-state index contributed by atoms with van der Waals surface area (Å²) < 4.78 is 38.7. The zero-order valence-corrected chi connectivity index (χ0v) is 17.4. The second-order valence-electron chi connectivity index (χ2n) is 6.57. The van der Waals surface area contributed by atoms with Gasteiger partial charge in [0, 0.05) is 25.4 Å². The number of rotatable bonds is 7. The van der Waals surface area contributed by atoms with E-state index in [1.54, 1.807) is 48.5 Å². The molecule has 1 aliphatic rings. The van der Waals surface area contributed by atoms with Gasteiger partial charge < -0.3 is 5.32 Å². The van der Waals surface area contributed by atoms with Crippen molar-refractivity contribution in [2.45, 2.75) is 36.1 Å². The first-order chi connectivity index (χ1) is 13.4. The number of hydrogen-bond donors (Lipinski definition) is 1. The van der Waals surface area contributed by atoms with Crippen molar-refractivity contribution in [1.82, 2.24) is 9.62 Å². The Bertz CT molecular complexity index is 966. The highest BCUT2D eigenvalue weighted by Gasteiger charge is 2.26. The van der Waals surface area contributed by atoms with E-state index in [1.165, 1.54) is 4.31 Å². The molecule has 2 aromatic carbocycles. The summed E-state index contributed by atoms with van der Waals surface area (Å²) in [6.07, 6.45) is 1.79. The predicted molar refractivity (Wildman–Crippen MR) is 109 cm³/mol. The fourth-order valence-electron chi connectivity index (χ4n) is 3.14. The van der Waals surface area contributed by atoms with Gasteiger partial charge in [-0.25, -0.2) is 8.42 Å². The van der Waals surface area contributed by atoms with Crippen molar-refractivity contribution in [2.24, 2.45) is 0 Å². The molecule has 1 heterocycles. The Morgan fingerprint density at radius 3 is 2.36 bits per heavy atom. The number of sulfonamides is 1. The van der Waals surface area contributed by atoms with Crippen LogP contribution in [0.15, 0.2) is 58.3 Å². The molecule has 0 aliphatic carbocycles. The van der Waals surface area contributed by atoms with Crippen LogP contribution in [0, 0.1) is 0 Å². The van der Waals surface area contributed by atoms with E-state index < -0.39 is 20.8 Å². The predicted octanol–water partition coefficient (Wildman–Crippen LogP) is 2.53. The topological polar surface area (TPSA) is 83.5 Å².